The molecule has 0 atom stereocenters. The van der Waals surface area contributed by atoms with E-state index in [0.717, 1.165) is 28.6 Å². The summed E-state index contributed by atoms with van der Waals surface area (Å²) in [6.07, 6.45) is 10.4. The molecule has 0 N–H and O–H groups in total. The molecule has 0 aliphatic carbocycles. The normalized spacial score (nSPS) is 12.1. The number of allylic oxidation sites excluding steroid dienone is 2. The van der Waals surface area contributed by atoms with Gasteiger partial charge in [0.25, 0.3) is 0 Å². The van der Waals surface area contributed by atoms with Gasteiger partial charge in [-0.25, -0.2) is 0 Å². The van der Waals surface area contributed by atoms with Crippen molar-refractivity contribution in [2.24, 2.45) is 4.99 Å². The van der Waals surface area contributed by atoms with Crippen LogP contribution in [0.15, 0.2) is 157 Å². The first-order valence-corrected chi connectivity index (χ1v) is 13.8. The van der Waals surface area contributed by atoms with Gasteiger partial charge >= 0.3 is 25.8 Å². The molecule has 1 aliphatic heterocycles. The van der Waals surface area contributed by atoms with E-state index >= 15 is 0 Å². The summed E-state index contributed by atoms with van der Waals surface area (Å²) >= 11 is 0. The Balaban J connectivity index is 0.000000165. The first-order chi connectivity index (χ1) is 22.1. The Kier molecular flexibility index (Phi) is 12.3. The van der Waals surface area contributed by atoms with Crippen LogP contribution in [0, 0.1) is 28.1 Å². The number of pyridine rings is 2. The van der Waals surface area contributed by atoms with Crippen molar-refractivity contribution < 1.29 is 29.4 Å². The second kappa shape index (κ2) is 17.0. The number of nitro benzene ring substituents is 1. The van der Waals surface area contributed by atoms with Crippen LogP contribution in [0.3, 0.4) is 0 Å². The summed E-state index contributed by atoms with van der Waals surface area (Å²) in [5, 5.41) is 10.9. The molecule has 9 heteroatoms. The molecule has 3 aromatic heterocycles. The standard InChI is InChI=1S/C15H9FN3O2.2C11H8N.Ir/c16-11-6-5-10(9-14(11)19(20)21)15(12-3-1-7-17-12)13-4-2-8-18-13;2*1-2-6-10(7-3-1)11-8-4-5-9-12-11;/h1-9H;2*1-6,8-9H;/q3*-1;+3/b15-12-;;;. The topological polar surface area (TPSA) is 95.4 Å². The molecule has 1 aliphatic rings. The molecule has 4 heterocycles. The molecule has 226 valence electrons. The SMILES string of the molecule is O=[N+]([O-])c1cc(/C(=C2\C=CC=N2)c2ccc[n-]2)ccc1F.[Ir+3].[c-]1ccccc1-c1ccccn1.[c-]1ccccc1-c1ccccn1. The summed E-state index contributed by atoms with van der Waals surface area (Å²) in [4.78, 5) is 27.0. The number of nitrogens with zero attached hydrogens (tertiary/aromatic N) is 5. The second-order valence-electron chi connectivity index (χ2n) is 9.33. The van der Waals surface area contributed by atoms with Crippen molar-refractivity contribution in [2.45, 2.75) is 0 Å². The summed E-state index contributed by atoms with van der Waals surface area (Å²) in [6, 6.07) is 40.9. The van der Waals surface area contributed by atoms with Gasteiger partial charge in [0.2, 0.25) is 5.82 Å². The van der Waals surface area contributed by atoms with Crippen LogP contribution in [-0.4, -0.2) is 21.1 Å². The van der Waals surface area contributed by atoms with Crippen molar-refractivity contribution in [3.63, 3.8) is 0 Å². The molecule has 0 radical (unpaired) electrons. The largest absolute Gasteiger partial charge is 3.00 e. The van der Waals surface area contributed by atoms with E-state index in [9.17, 15) is 14.5 Å². The number of halogens is 1. The predicted molar refractivity (Wildman–Crippen MR) is 173 cm³/mol. The molecule has 46 heavy (non-hydrogen) atoms. The maximum absolute atomic E-state index is 13.5. The van der Waals surface area contributed by atoms with Crippen LogP contribution in [0.5, 0.6) is 0 Å². The van der Waals surface area contributed by atoms with E-state index in [2.05, 4.69) is 32.1 Å². The van der Waals surface area contributed by atoms with Gasteiger partial charge in [-0.2, -0.15) is 10.6 Å². The number of hydrogen-bond donors (Lipinski definition) is 0. The summed E-state index contributed by atoms with van der Waals surface area (Å²) < 4.78 is 13.5. The van der Waals surface area contributed by atoms with Crippen molar-refractivity contribution in [3.8, 4) is 22.5 Å². The van der Waals surface area contributed by atoms with Crippen LogP contribution in [0.25, 0.3) is 28.1 Å². The molecule has 0 saturated carbocycles. The van der Waals surface area contributed by atoms with Crippen molar-refractivity contribution in [2.75, 3.05) is 0 Å². The Bertz CT molecular complexity index is 1750. The predicted octanol–water partition coefficient (Wildman–Crippen LogP) is 8.19. The number of hydrogen-bond acceptors (Lipinski definition) is 5. The van der Waals surface area contributed by atoms with Crippen molar-refractivity contribution in [1.82, 2.24) is 15.0 Å². The number of nitro groups is 1. The van der Waals surface area contributed by atoms with Crippen LogP contribution in [0.4, 0.5) is 10.1 Å². The van der Waals surface area contributed by atoms with Crippen LogP contribution in [-0.2, 0) is 20.1 Å². The van der Waals surface area contributed by atoms with Crippen molar-refractivity contribution >= 4 is 17.5 Å². The molecular formula is C37H25FIrN5O2. The van der Waals surface area contributed by atoms with Gasteiger partial charge in [-0.05, 0) is 52.9 Å². The van der Waals surface area contributed by atoms with E-state index in [0.29, 0.717) is 22.5 Å². The quantitative estimate of drug-likeness (QED) is 0.1000. The van der Waals surface area contributed by atoms with E-state index in [1.807, 2.05) is 84.9 Å². The number of aromatic nitrogens is 3. The van der Waals surface area contributed by atoms with Gasteiger partial charge in [-0.1, -0.05) is 42.5 Å². The minimum Gasteiger partial charge on any atom is -0.664 e. The van der Waals surface area contributed by atoms with Crippen LogP contribution < -0.4 is 4.98 Å². The molecule has 0 spiro atoms. The van der Waals surface area contributed by atoms with Crippen LogP contribution >= 0.6 is 0 Å². The Labute approximate surface area is 279 Å². The average molecular weight is 783 g/mol. The maximum Gasteiger partial charge on any atom is 3.00 e. The maximum atomic E-state index is 13.5. The third kappa shape index (κ3) is 8.95. The Morgan fingerprint density at radius 2 is 1.41 bits per heavy atom. The molecule has 7 nitrogen and oxygen atoms in total. The molecular weight excluding hydrogens is 758 g/mol. The number of rotatable bonds is 5. The van der Waals surface area contributed by atoms with Gasteiger partial charge in [0.1, 0.15) is 0 Å². The van der Waals surface area contributed by atoms with E-state index in [1.165, 1.54) is 12.1 Å². The molecule has 6 aromatic rings. The minimum absolute atomic E-state index is 0. The first kappa shape index (κ1) is 33.3. The Morgan fingerprint density at radius 1 is 0.783 bits per heavy atom. The summed E-state index contributed by atoms with van der Waals surface area (Å²) in [6.45, 7) is 0. The fourth-order valence-corrected chi connectivity index (χ4v) is 4.28. The van der Waals surface area contributed by atoms with Crippen LogP contribution in [0.2, 0.25) is 0 Å². The fourth-order valence-electron chi connectivity index (χ4n) is 4.28. The number of aliphatic imine (C=N–C) groups is 1. The van der Waals surface area contributed by atoms with Crippen molar-refractivity contribution in [1.29, 1.82) is 0 Å². The Morgan fingerprint density at radius 3 is 1.87 bits per heavy atom. The van der Waals surface area contributed by atoms with E-state index in [4.69, 9.17) is 0 Å². The molecule has 0 fully saturated rings. The molecule has 7 rings (SSSR count). The van der Waals surface area contributed by atoms with Gasteiger partial charge < -0.3 is 15.0 Å². The zero-order chi connectivity index (χ0) is 31.3. The van der Waals surface area contributed by atoms with E-state index in [1.54, 1.807) is 49.1 Å². The number of benzene rings is 3. The second-order valence-corrected chi connectivity index (χ2v) is 9.33. The molecule has 3 aromatic carbocycles. The average Bonchev–Trinajstić information content (AvgIpc) is 3.84. The molecule has 0 amide bonds. The molecule has 0 saturated heterocycles. The van der Waals surface area contributed by atoms with Crippen molar-refractivity contribution in [3.05, 3.63) is 191 Å². The van der Waals surface area contributed by atoms with Gasteiger partial charge in [-0.3, -0.25) is 15.1 Å². The van der Waals surface area contributed by atoms with Gasteiger partial charge in [0.05, 0.1) is 10.6 Å². The summed E-state index contributed by atoms with van der Waals surface area (Å²) in [5.74, 6) is -0.867. The fraction of sp³-hybridized carbons (Fsp3) is 0. The van der Waals surface area contributed by atoms with E-state index in [-0.39, 0.29) is 20.1 Å². The minimum atomic E-state index is -0.867. The molecule has 0 bridgehead atoms. The summed E-state index contributed by atoms with van der Waals surface area (Å²) in [5.41, 5.74) is 5.85. The van der Waals surface area contributed by atoms with Crippen LogP contribution in [0.1, 0.15) is 11.3 Å². The van der Waals surface area contributed by atoms with E-state index < -0.39 is 16.4 Å². The van der Waals surface area contributed by atoms with Gasteiger partial charge in [0, 0.05) is 24.7 Å². The monoisotopic (exact) mass is 783 g/mol. The van der Waals surface area contributed by atoms with Gasteiger partial charge in [-0.15, -0.1) is 77.5 Å². The third-order valence-electron chi connectivity index (χ3n) is 6.35. The Hall–Kier alpha value is -5.63. The van der Waals surface area contributed by atoms with Gasteiger partial charge in [0.15, 0.2) is 0 Å². The first-order valence-electron chi connectivity index (χ1n) is 13.8. The summed E-state index contributed by atoms with van der Waals surface area (Å²) in [7, 11) is 0. The smallest absolute Gasteiger partial charge is 0.664 e. The zero-order valence-corrected chi connectivity index (χ0v) is 26.6. The molecule has 0 unspecified atom stereocenters. The zero-order valence-electron chi connectivity index (χ0n) is 24.2. The third-order valence-corrected chi connectivity index (χ3v) is 6.35.